The summed E-state index contributed by atoms with van der Waals surface area (Å²) >= 11 is 0. The third-order valence-electron chi connectivity index (χ3n) is 4.59. The number of benzene rings is 2. The molecule has 0 saturated carbocycles. The summed E-state index contributed by atoms with van der Waals surface area (Å²) in [7, 11) is 1.61. The largest absolute Gasteiger partial charge is 0.494 e. The average molecular weight is 387 g/mol. The normalized spacial score (nSPS) is 10.7. The lowest BCUT2D eigenvalue weighted by molar-refractivity contribution is 0.102. The van der Waals surface area contributed by atoms with Crippen molar-refractivity contribution in [2.75, 3.05) is 12.4 Å². The highest BCUT2D eigenvalue weighted by Gasteiger charge is 2.17. The van der Waals surface area contributed by atoms with Crippen LogP contribution in [0.3, 0.4) is 0 Å². The Morgan fingerprint density at radius 1 is 1.07 bits per heavy atom. The molecule has 2 heterocycles. The van der Waals surface area contributed by atoms with Crippen LogP contribution in [0.5, 0.6) is 5.75 Å². The molecule has 0 atom stereocenters. The third-order valence-corrected chi connectivity index (χ3v) is 4.59. The number of methoxy groups -OCH3 is 1. The SMILES string of the molecule is COc1ccc(C)cc1-n1ccc(C(=O)Nc2c(C)cnn2-c2ccccc2)n1. The fourth-order valence-electron chi connectivity index (χ4n) is 3.08. The fourth-order valence-corrected chi connectivity index (χ4v) is 3.08. The summed E-state index contributed by atoms with van der Waals surface area (Å²) in [5.41, 5.74) is 3.88. The molecule has 0 bridgehead atoms. The number of amides is 1. The second-order valence-corrected chi connectivity index (χ2v) is 6.70. The Labute approximate surface area is 168 Å². The van der Waals surface area contributed by atoms with Crippen molar-refractivity contribution in [2.45, 2.75) is 13.8 Å². The van der Waals surface area contributed by atoms with E-state index in [0.717, 1.165) is 22.5 Å². The molecule has 0 aliphatic carbocycles. The van der Waals surface area contributed by atoms with Crippen LogP contribution in [-0.4, -0.2) is 32.6 Å². The van der Waals surface area contributed by atoms with E-state index in [1.807, 2.05) is 62.4 Å². The number of para-hydroxylation sites is 1. The second-order valence-electron chi connectivity index (χ2n) is 6.70. The highest BCUT2D eigenvalue weighted by Crippen LogP contribution is 2.24. The molecule has 0 spiro atoms. The first-order chi connectivity index (χ1) is 14.1. The quantitative estimate of drug-likeness (QED) is 0.563. The predicted octanol–water partition coefficient (Wildman–Crippen LogP) is 3.94. The number of hydrogen-bond donors (Lipinski definition) is 1. The molecular formula is C22H21N5O2. The van der Waals surface area contributed by atoms with Crippen LogP contribution in [0, 0.1) is 13.8 Å². The monoisotopic (exact) mass is 387 g/mol. The van der Waals surface area contributed by atoms with Gasteiger partial charge in [0.15, 0.2) is 5.69 Å². The first kappa shape index (κ1) is 18.5. The molecular weight excluding hydrogens is 366 g/mol. The van der Waals surface area contributed by atoms with Crippen molar-refractivity contribution in [1.82, 2.24) is 19.6 Å². The van der Waals surface area contributed by atoms with E-state index < -0.39 is 0 Å². The Balaban J connectivity index is 1.62. The van der Waals surface area contributed by atoms with Crippen LogP contribution in [-0.2, 0) is 0 Å². The number of aromatic nitrogens is 4. The topological polar surface area (TPSA) is 74.0 Å². The van der Waals surface area contributed by atoms with Gasteiger partial charge in [-0.1, -0.05) is 24.3 Å². The smallest absolute Gasteiger partial charge is 0.277 e. The lowest BCUT2D eigenvalue weighted by Gasteiger charge is -2.10. The standard InChI is InChI=1S/C22H21N5O2/c1-15-9-10-20(29-3)19(13-15)26-12-11-18(25-26)22(28)24-21-16(2)14-23-27(21)17-7-5-4-6-8-17/h4-14H,1-3H3,(H,24,28). The van der Waals surface area contributed by atoms with Gasteiger partial charge in [-0.05, 0) is 49.7 Å². The third kappa shape index (κ3) is 3.62. The van der Waals surface area contributed by atoms with E-state index in [-0.39, 0.29) is 5.91 Å². The predicted molar refractivity (Wildman–Crippen MR) is 111 cm³/mol. The van der Waals surface area contributed by atoms with Gasteiger partial charge in [-0.15, -0.1) is 0 Å². The van der Waals surface area contributed by atoms with Gasteiger partial charge in [0.2, 0.25) is 0 Å². The Hall–Kier alpha value is -3.87. The van der Waals surface area contributed by atoms with E-state index in [2.05, 4.69) is 15.5 Å². The Morgan fingerprint density at radius 2 is 1.86 bits per heavy atom. The van der Waals surface area contributed by atoms with Gasteiger partial charge >= 0.3 is 0 Å². The van der Waals surface area contributed by atoms with Crippen molar-refractivity contribution in [2.24, 2.45) is 0 Å². The van der Waals surface area contributed by atoms with Gasteiger partial charge in [0, 0.05) is 11.8 Å². The molecule has 7 nitrogen and oxygen atoms in total. The number of carbonyl (C=O) groups excluding carboxylic acids is 1. The van der Waals surface area contributed by atoms with Crippen LogP contribution in [0.15, 0.2) is 67.0 Å². The van der Waals surface area contributed by atoms with E-state index >= 15 is 0 Å². The lowest BCUT2D eigenvalue weighted by Crippen LogP contribution is -2.17. The van der Waals surface area contributed by atoms with E-state index in [9.17, 15) is 4.79 Å². The van der Waals surface area contributed by atoms with Crippen LogP contribution in [0.2, 0.25) is 0 Å². The minimum atomic E-state index is -0.309. The van der Waals surface area contributed by atoms with Gasteiger partial charge < -0.3 is 10.1 Å². The van der Waals surface area contributed by atoms with Gasteiger partial charge in [0.1, 0.15) is 17.3 Å². The van der Waals surface area contributed by atoms with Crippen molar-refractivity contribution < 1.29 is 9.53 Å². The van der Waals surface area contributed by atoms with Crippen molar-refractivity contribution in [3.8, 4) is 17.1 Å². The summed E-state index contributed by atoms with van der Waals surface area (Å²) in [6.07, 6.45) is 3.46. The Morgan fingerprint density at radius 3 is 2.62 bits per heavy atom. The van der Waals surface area contributed by atoms with E-state index in [1.165, 1.54) is 0 Å². The molecule has 2 aromatic carbocycles. The minimum Gasteiger partial charge on any atom is -0.494 e. The van der Waals surface area contributed by atoms with Crippen molar-refractivity contribution in [1.29, 1.82) is 0 Å². The summed E-state index contributed by atoms with van der Waals surface area (Å²) in [4.78, 5) is 12.9. The molecule has 0 radical (unpaired) electrons. The number of nitrogens with zero attached hydrogens (tertiary/aromatic N) is 4. The summed E-state index contributed by atoms with van der Waals surface area (Å²) in [5.74, 6) is 0.990. The zero-order valence-electron chi connectivity index (χ0n) is 16.5. The minimum absolute atomic E-state index is 0.300. The molecule has 4 aromatic rings. The average Bonchev–Trinajstić information content (AvgIpc) is 3.36. The zero-order valence-corrected chi connectivity index (χ0v) is 16.5. The van der Waals surface area contributed by atoms with Crippen molar-refractivity contribution >= 4 is 11.7 Å². The number of aryl methyl sites for hydroxylation is 2. The molecule has 7 heteroatoms. The van der Waals surface area contributed by atoms with Gasteiger partial charge in [-0.2, -0.15) is 10.2 Å². The van der Waals surface area contributed by atoms with Crippen LogP contribution in [0.4, 0.5) is 5.82 Å². The van der Waals surface area contributed by atoms with Gasteiger partial charge in [-0.25, -0.2) is 9.36 Å². The summed E-state index contributed by atoms with van der Waals surface area (Å²) in [6, 6.07) is 17.1. The first-order valence-electron chi connectivity index (χ1n) is 9.19. The van der Waals surface area contributed by atoms with Crippen LogP contribution >= 0.6 is 0 Å². The molecule has 0 fully saturated rings. The Bertz CT molecular complexity index is 1160. The summed E-state index contributed by atoms with van der Waals surface area (Å²) in [5, 5.41) is 11.7. The van der Waals surface area contributed by atoms with Gasteiger partial charge in [0.05, 0.1) is 19.0 Å². The molecule has 0 aliphatic rings. The van der Waals surface area contributed by atoms with Crippen LogP contribution in [0.1, 0.15) is 21.6 Å². The molecule has 2 aromatic heterocycles. The fraction of sp³-hybridized carbons (Fsp3) is 0.136. The number of anilines is 1. The molecule has 0 unspecified atom stereocenters. The first-order valence-corrected chi connectivity index (χ1v) is 9.19. The zero-order chi connectivity index (χ0) is 20.4. The van der Waals surface area contributed by atoms with Crippen LogP contribution < -0.4 is 10.1 Å². The number of ether oxygens (including phenoxy) is 1. The summed E-state index contributed by atoms with van der Waals surface area (Å²) < 4.78 is 8.76. The molecule has 4 rings (SSSR count). The number of rotatable bonds is 5. The lowest BCUT2D eigenvalue weighted by atomic mass is 10.2. The van der Waals surface area contributed by atoms with Crippen LogP contribution in [0.25, 0.3) is 11.4 Å². The maximum atomic E-state index is 12.9. The Kier molecular flexibility index (Phi) is 4.87. The van der Waals surface area contributed by atoms with E-state index in [4.69, 9.17) is 4.74 Å². The second kappa shape index (κ2) is 7.63. The number of nitrogens with one attached hydrogen (secondary N) is 1. The molecule has 29 heavy (non-hydrogen) atoms. The number of carbonyl (C=O) groups is 1. The maximum absolute atomic E-state index is 12.9. The maximum Gasteiger partial charge on any atom is 0.277 e. The van der Waals surface area contributed by atoms with Crippen molar-refractivity contribution in [3.63, 3.8) is 0 Å². The van der Waals surface area contributed by atoms with E-state index in [1.54, 1.807) is 34.9 Å². The highest BCUT2D eigenvalue weighted by molar-refractivity contribution is 6.02. The van der Waals surface area contributed by atoms with E-state index in [0.29, 0.717) is 17.3 Å². The van der Waals surface area contributed by atoms with Gasteiger partial charge in [-0.3, -0.25) is 4.79 Å². The molecule has 1 N–H and O–H groups in total. The molecule has 1 amide bonds. The highest BCUT2D eigenvalue weighted by atomic mass is 16.5. The number of hydrogen-bond acceptors (Lipinski definition) is 4. The molecule has 0 saturated heterocycles. The summed E-state index contributed by atoms with van der Waals surface area (Å²) in [6.45, 7) is 3.89. The molecule has 0 aliphatic heterocycles. The van der Waals surface area contributed by atoms with Crippen molar-refractivity contribution in [3.05, 3.63) is 83.8 Å². The molecule has 146 valence electrons. The van der Waals surface area contributed by atoms with Gasteiger partial charge in [0.25, 0.3) is 5.91 Å².